The van der Waals surface area contributed by atoms with E-state index in [9.17, 15) is 14.7 Å². The fraction of sp³-hybridized carbons (Fsp3) is 0.176. The molecule has 0 bridgehead atoms. The van der Waals surface area contributed by atoms with E-state index in [1.807, 2.05) is 67.6 Å². The Labute approximate surface area is 239 Å². The van der Waals surface area contributed by atoms with Crippen molar-refractivity contribution in [3.8, 4) is 17.2 Å². The van der Waals surface area contributed by atoms with Crippen LogP contribution in [-0.4, -0.2) is 35.4 Å². The second-order valence-electron chi connectivity index (χ2n) is 9.56. The third kappa shape index (κ3) is 5.94. The summed E-state index contributed by atoms with van der Waals surface area (Å²) in [5.74, 6) is -0.202. The number of ether oxygens (including phenoxy) is 3. The fourth-order valence-electron chi connectivity index (χ4n) is 4.93. The molecule has 41 heavy (non-hydrogen) atoms. The second-order valence-corrected chi connectivity index (χ2v) is 9.56. The van der Waals surface area contributed by atoms with Gasteiger partial charge in [0.2, 0.25) is 0 Å². The van der Waals surface area contributed by atoms with E-state index in [4.69, 9.17) is 14.2 Å². The van der Waals surface area contributed by atoms with Gasteiger partial charge in [0.1, 0.15) is 18.1 Å². The SMILES string of the molecule is CCOc1cccc(C(O)=C2C(=O)C(=O)N(Cc3ccccc3)C2c2ccc(OCc3ccccc3)c(OC)c2)c1. The van der Waals surface area contributed by atoms with E-state index in [0.29, 0.717) is 41.6 Å². The molecule has 1 N–H and O–H groups in total. The molecule has 0 radical (unpaired) electrons. The van der Waals surface area contributed by atoms with Crippen LogP contribution in [0.25, 0.3) is 5.76 Å². The first-order valence-corrected chi connectivity index (χ1v) is 13.4. The van der Waals surface area contributed by atoms with Gasteiger partial charge in [0, 0.05) is 12.1 Å². The normalized spacial score (nSPS) is 16.0. The van der Waals surface area contributed by atoms with Crippen LogP contribution in [0.15, 0.2) is 109 Å². The molecular formula is C34H31NO6. The van der Waals surface area contributed by atoms with Crippen LogP contribution in [0, 0.1) is 0 Å². The molecule has 0 aliphatic carbocycles. The molecule has 1 aliphatic rings. The third-order valence-electron chi connectivity index (χ3n) is 6.89. The lowest BCUT2D eigenvalue weighted by molar-refractivity contribution is -0.140. The van der Waals surface area contributed by atoms with Crippen molar-refractivity contribution in [2.45, 2.75) is 26.1 Å². The highest BCUT2D eigenvalue weighted by molar-refractivity contribution is 6.46. The molecule has 1 unspecified atom stereocenters. The second kappa shape index (κ2) is 12.4. The van der Waals surface area contributed by atoms with E-state index in [0.717, 1.165) is 11.1 Å². The molecule has 1 amide bonds. The number of carbonyl (C=O) groups excluding carboxylic acids is 2. The molecule has 0 aromatic heterocycles. The highest BCUT2D eigenvalue weighted by atomic mass is 16.5. The van der Waals surface area contributed by atoms with Gasteiger partial charge in [-0.3, -0.25) is 9.59 Å². The zero-order valence-corrected chi connectivity index (χ0v) is 22.9. The Kier molecular flexibility index (Phi) is 8.34. The van der Waals surface area contributed by atoms with Crippen molar-refractivity contribution in [2.24, 2.45) is 0 Å². The van der Waals surface area contributed by atoms with Gasteiger partial charge in [-0.05, 0) is 47.9 Å². The third-order valence-corrected chi connectivity index (χ3v) is 6.89. The molecule has 1 aliphatic heterocycles. The number of aliphatic hydroxyl groups is 1. The zero-order chi connectivity index (χ0) is 28.8. The predicted octanol–water partition coefficient (Wildman–Crippen LogP) is 6.29. The molecule has 1 saturated heterocycles. The molecule has 4 aromatic carbocycles. The molecule has 1 fully saturated rings. The Balaban J connectivity index is 1.58. The lowest BCUT2D eigenvalue weighted by Crippen LogP contribution is -2.29. The van der Waals surface area contributed by atoms with Crippen molar-refractivity contribution in [1.82, 2.24) is 4.90 Å². The summed E-state index contributed by atoms with van der Waals surface area (Å²) in [6.45, 7) is 2.84. The first-order chi connectivity index (χ1) is 20.0. The van der Waals surface area contributed by atoms with Crippen molar-refractivity contribution in [1.29, 1.82) is 0 Å². The van der Waals surface area contributed by atoms with Gasteiger partial charge < -0.3 is 24.2 Å². The first-order valence-electron chi connectivity index (χ1n) is 13.4. The average Bonchev–Trinajstić information content (AvgIpc) is 3.26. The van der Waals surface area contributed by atoms with E-state index >= 15 is 0 Å². The number of rotatable bonds is 10. The molecule has 0 saturated carbocycles. The van der Waals surface area contributed by atoms with E-state index in [2.05, 4.69) is 0 Å². The Morgan fingerprint density at radius 3 is 2.20 bits per heavy atom. The summed E-state index contributed by atoms with van der Waals surface area (Å²) in [6, 6.07) is 30.5. The number of carbonyl (C=O) groups is 2. The van der Waals surface area contributed by atoms with Crippen molar-refractivity contribution >= 4 is 17.4 Å². The van der Waals surface area contributed by atoms with Crippen LogP contribution in [0.1, 0.15) is 35.2 Å². The van der Waals surface area contributed by atoms with Crippen molar-refractivity contribution in [2.75, 3.05) is 13.7 Å². The minimum Gasteiger partial charge on any atom is -0.507 e. The van der Waals surface area contributed by atoms with Gasteiger partial charge in [-0.15, -0.1) is 0 Å². The number of aliphatic hydroxyl groups excluding tert-OH is 1. The molecule has 7 heteroatoms. The summed E-state index contributed by atoms with van der Waals surface area (Å²) in [6.07, 6.45) is 0. The molecule has 0 spiro atoms. The maximum absolute atomic E-state index is 13.5. The van der Waals surface area contributed by atoms with E-state index in [-0.39, 0.29) is 17.9 Å². The molecular weight excluding hydrogens is 518 g/mol. The Morgan fingerprint density at radius 1 is 0.805 bits per heavy atom. The minimum atomic E-state index is -0.858. The number of methoxy groups -OCH3 is 1. The maximum Gasteiger partial charge on any atom is 0.295 e. The lowest BCUT2D eigenvalue weighted by Gasteiger charge is -2.26. The van der Waals surface area contributed by atoms with Gasteiger partial charge in [-0.25, -0.2) is 0 Å². The Hall–Kier alpha value is -5.04. The summed E-state index contributed by atoms with van der Waals surface area (Å²) in [5, 5.41) is 11.5. The topological polar surface area (TPSA) is 85.3 Å². The molecule has 1 atom stereocenters. The summed E-state index contributed by atoms with van der Waals surface area (Å²) >= 11 is 0. The highest BCUT2D eigenvalue weighted by Crippen LogP contribution is 2.43. The highest BCUT2D eigenvalue weighted by Gasteiger charge is 2.46. The number of likely N-dealkylation sites (tertiary alicyclic amines) is 1. The minimum absolute atomic E-state index is 0.000383. The monoisotopic (exact) mass is 549 g/mol. The fourth-order valence-corrected chi connectivity index (χ4v) is 4.93. The number of ketones is 1. The standard InChI is InChI=1S/C34H31NO6/c1-3-40-27-16-10-15-26(19-27)32(36)30-31(35(34(38)33(30)37)21-23-11-6-4-7-12-23)25-17-18-28(29(20-25)39-2)41-22-24-13-8-5-9-14-24/h4-20,31,36H,3,21-22H2,1-2H3. The Bertz CT molecular complexity index is 1560. The molecule has 7 nitrogen and oxygen atoms in total. The smallest absolute Gasteiger partial charge is 0.295 e. The van der Waals surface area contributed by atoms with Crippen LogP contribution >= 0.6 is 0 Å². The van der Waals surface area contributed by atoms with E-state index < -0.39 is 17.7 Å². The van der Waals surface area contributed by atoms with Gasteiger partial charge in [-0.2, -0.15) is 0 Å². The molecule has 1 heterocycles. The van der Waals surface area contributed by atoms with E-state index in [1.54, 1.807) is 42.5 Å². The van der Waals surface area contributed by atoms with Crippen LogP contribution in [0.3, 0.4) is 0 Å². The van der Waals surface area contributed by atoms with Crippen LogP contribution in [0.5, 0.6) is 17.2 Å². The van der Waals surface area contributed by atoms with Crippen LogP contribution in [-0.2, 0) is 22.7 Å². The summed E-state index contributed by atoms with van der Waals surface area (Å²) in [5.41, 5.74) is 2.84. The van der Waals surface area contributed by atoms with Gasteiger partial charge in [0.15, 0.2) is 11.5 Å². The number of Topliss-reactive ketones (excluding diaryl/α,β-unsaturated/α-hetero) is 1. The number of hydrogen-bond donors (Lipinski definition) is 1. The maximum atomic E-state index is 13.5. The van der Waals surface area contributed by atoms with Crippen molar-refractivity contribution in [3.63, 3.8) is 0 Å². The van der Waals surface area contributed by atoms with Gasteiger partial charge in [0.25, 0.3) is 11.7 Å². The molecule has 208 valence electrons. The first kappa shape index (κ1) is 27.5. The zero-order valence-electron chi connectivity index (χ0n) is 22.9. The van der Waals surface area contributed by atoms with Gasteiger partial charge in [-0.1, -0.05) is 78.9 Å². The van der Waals surface area contributed by atoms with Crippen LogP contribution in [0.4, 0.5) is 0 Å². The van der Waals surface area contributed by atoms with Crippen LogP contribution < -0.4 is 14.2 Å². The Morgan fingerprint density at radius 2 is 1.51 bits per heavy atom. The molecule has 5 rings (SSSR count). The summed E-state index contributed by atoms with van der Waals surface area (Å²) in [7, 11) is 1.54. The van der Waals surface area contributed by atoms with Crippen molar-refractivity contribution in [3.05, 3.63) is 131 Å². The van der Waals surface area contributed by atoms with E-state index in [1.165, 1.54) is 12.0 Å². The molecule has 4 aromatic rings. The van der Waals surface area contributed by atoms with Gasteiger partial charge in [0.05, 0.1) is 25.3 Å². The number of benzene rings is 4. The van der Waals surface area contributed by atoms with Crippen molar-refractivity contribution < 1.29 is 28.9 Å². The quantitative estimate of drug-likeness (QED) is 0.142. The summed E-state index contributed by atoms with van der Waals surface area (Å²) in [4.78, 5) is 28.4. The largest absolute Gasteiger partial charge is 0.507 e. The number of amides is 1. The number of hydrogen-bond acceptors (Lipinski definition) is 6. The predicted molar refractivity (Wildman–Crippen MR) is 156 cm³/mol. The lowest BCUT2D eigenvalue weighted by atomic mass is 9.94. The average molecular weight is 550 g/mol. The van der Waals surface area contributed by atoms with Gasteiger partial charge >= 0.3 is 0 Å². The summed E-state index contributed by atoms with van der Waals surface area (Å²) < 4.78 is 17.3. The number of nitrogens with zero attached hydrogens (tertiary/aromatic N) is 1. The van der Waals surface area contributed by atoms with Crippen LogP contribution in [0.2, 0.25) is 0 Å².